The van der Waals surface area contributed by atoms with Crippen LogP contribution < -0.4 is 5.32 Å². The molecule has 0 aromatic heterocycles. The topological polar surface area (TPSA) is 49.3 Å². The summed E-state index contributed by atoms with van der Waals surface area (Å²) >= 11 is 1.88. The first kappa shape index (κ1) is 17.6. The van der Waals surface area contributed by atoms with Crippen LogP contribution in [0, 0.1) is 11.8 Å². The zero-order valence-electron chi connectivity index (χ0n) is 12.7. The third-order valence-corrected chi connectivity index (χ3v) is 3.80. The summed E-state index contributed by atoms with van der Waals surface area (Å²) in [5, 5.41) is 11.7. The van der Waals surface area contributed by atoms with E-state index < -0.39 is 0 Å². The predicted molar refractivity (Wildman–Crippen MR) is 89.6 cm³/mol. The Morgan fingerprint density at radius 3 is 3.00 bits per heavy atom. The highest BCUT2D eigenvalue weighted by Crippen LogP contribution is 2.07. The summed E-state index contributed by atoms with van der Waals surface area (Å²) in [7, 11) is 0. The van der Waals surface area contributed by atoms with Crippen molar-refractivity contribution in [1.29, 1.82) is 0 Å². The lowest BCUT2D eigenvalue weighted by Gasteiger charge is -2.13. The number of amides is 1. The molecule has 0 heterocycles. The second-order valence-corrected chi connectivity index (χ2v) is 6.11. The fourth-order valence-electron chi connectivity index (χ4n) is 1.74. The van der Waals surface area contributed by atoms with E-state index >= 15 is 0 Å². The number of carbonyl (C=O) groups excluding carboxylic acids is 1. The summed E-state index contributed by atoms with van der Waals surface area (Å²) in [6, 6.07) is 7.44. The van der Waals surface area contributed by atoms with Gasteiger partial charge in [-0.05, 0) is 43.0 Å². The van der Waals surface area contributed by atoms with Crippen molar-refractivity contribution in [3.63, 3.8) is 0 Å². The van der Waals surface area contributed by atoms with Gasteiger partial charge in [-0.1, -0.05) is 24.8 Å². The van der Waals surface area contributed by atoms with E-state index in [2.05, 4.69) is 24.1 Å². The molecule has 21 heavy (non-hydrogen) atoms. The van der Waals surface area contributed by atoms with Crippen LogP contribution in [0.25, 0.3) is 0 Å². The van der Waals surface area contributed by atoms with Gasteiger partial charge < -0.3 is 10.4 Å². The quantitative estimate of drug-likeness (QED) is 0.601. The number of carbonyl (C=O) groups is 1. The molecule has 1 rings (SSSR count). The molecule has 0 aliphatic carbocycles. The molecule has 114 valence electrons. The lowest BCUT2D eigenvalue weighted by atomic mass is 10.1. The molecule has 2 N–H and O–H groups in total. The Balaban J connectivity index is 2.58. The molecule has 0 aliphatic rings. The Kier molecular flexibility index (Phi) is 8.65. The predicted octanol–water partition coefficient (Wildman–Crippen LogP) is 2.68. The van der Waals surface area contributed by atoms with E-state index in [1.165, 1.54) is 0 Å². The Morgan fingerprint density at radius 2 is 2.29 bits per heavy atom. The van der Waals surface area contributed by atoms with E-state index in [0.29, 0.717) is 12.0 Å². The molecular formula is C17H23NO2S. The van der Waals surface area contributed by atoms with Crippen LogP contribution in [0.2, 0.25) is 0 Å². The van der Waals surface area contributed by atoms with Crippen LogP contribution >= 0.6 is 11.8 Å². The monoisotopic (exact) mass is 305 g/mol. The molecule has 0 fully saturated rings. The van der Waals surface area contributed by atoms with Crippen LogP contribution in [-0.4, -0.2) is 35.2 Å². The van der Waals surface area contributed by atoms with Gasteiger partial charge in [0.2, 0.25) is 0 Å². The fraction of sp³-hybridized carbons (Fsp3) is 0.471. The second kappa shape index (κ2) is 10.3. The first-order valence-corrected chi connectivity index (χ1v) is 8.41. The Morgan fingerprint density at radius 1 is 1.48 bits per heavy atom. The van der Waals surface area contributed by atoms with E-state index in [4.69, 9.17) is 5.11 Å². The Bertz CT molecular complexity index is 505. The minimum atomic E-state index is -0.0604. The average Bonchev–Trinajstić information content (AvgIpc) is 2.48. The second-order valence-electron chi connectivity index (χ2n) is 4.72. The van der Waals surface area contributed by atoms with E-state index in [-0.39, 0.29) is 18.6 Å². The van der Waals surface area contributed by atoms with Gasteiger partial charge in [0.25, 0.3) is 5.91 Å². The highest BCUT2D eigenvalue weighted by Gasteiger charge is 2.09. The molecule has 1 aromatic rings. The molecule has 0 aliphatic heterocycles. The van der Waals surface area contributed by atoms with Gasteiger partial charge in [0.1, 0.15) is 0 Å². The number of hydrogen-bond acceptors (Lipinski definition) is 3. The number of aliphatic hydroxyl groups is 1. The molecule has 1 aromatic carbocycles. The molecule has 1 atom stereocenters. The molecule has 4 heteroatoms. The third-order valence-electron chi connectivity index (χ3n) is 2.87. The van der Waals surface area contributed by atoms with Crippen LogP contribution in [0.4, 0.5) is 0 Å². The van der Waals surface area contributed by atoms with Gasteiger partial charge in [-0.15, -0.1) is 0 Å². The number of aliphatic hydroxyl groups excluding tert-OH is 1. The van der Waals surface area contributed by atoms with Gasteiger partial charge in [0.15, 0.2) is 0 Å². The molecule has 3 nitrogen and oxygen atoms in total. The molecular weight excluding hydrogens is 282 g/mol. The summed E-state index contributed by atoms with van der Waals surface area (Å²) in [5.41, 5.74) is 1.42. The van der Waals surface area contributed by atoms with Crippen molar-refractivity contribution < 1.29 is 9.90 Å². The molecule has 0 radical (unpaired) electrons. The normalized spacial score (nSPS) is 11.4. The van der Waals surface area contributed by atoms with Crippen molar-refractivity contribution in [2.75, 3.05) is 18.1 Å². The minimum Gasteiger partial charge on any atom is -0.395 e. The highest BCUT2D eigenvalue weighted by molar-refractivity contribution is 7.99. The van der Waals surface area contributed by atoms with Gasteiger partial charge in [-0.2, -0.15) is 11.8 Å². The van der Waals surface area contributed by atoms with Crippen molar-refractivity contribution in [3.05, 3.63) is 35.4 Å². The standard InChI is InChI=1S/C17H23NO2S/c1-3-21-12-10-14(2)18-17(20)16-9-6-8-15(13-16)7-4-5-11-19/h6,8-9,13-14,19H,3,5,10-12H2,1-2H3,(H,18,20). The number of benzene rings is 1. The summed E-state index contributed by atoms with van der Waals surface area (Å²) in [5.74, 6) is 7.91. The van der Waals surface area contributed by atoms with Crippen molar-refractivity contribution in [1.82, 2.24) is 5.32 Å². The van der Waals surface area contributed by atoms with Crippen molar-refractivity contribution in [2.45, 2.75) is 32.7 Å². The fourth-order valence-corrected chi connectivity index (χ4v) is 2.55. The maximum atomic E-state index is 12.2. The van der Waals surface area contributed by atoms with Crippen molar-refractivity contribution in [3.8, 4) is 11.8 Å². The summed E-state index contributed by atoms with van der Waals surface area (Å²) < 4.78 is 0. The summed E-state index contributed by atoms with van der Waals surface area (Å²) in [6.07, 6.45) is 1.42. The zero-order valence-corrected chi connectivity index (χ0v) is 13.5. The molecule has 0 saturated heterocycles. The summed E-state index contributed by atoms with van der Waals surface area (Å²) in [4.78, 5) is 12.2. The molecule has 0 saturated carbocycles. The number of hydrogen-bond donors (Lipinski definition) is 2. The molecule has 0 bridgehead atoms. The van der Waals surface area contributed by atoms with Crippen LogP contribution in [0.3, 0.4) is 0 Å². The van der Waals surface area contributed by atoms with Gasteiger partial charge in [0.05, 0.1) is 6.61 Å². The average molecular weight is 305 g/mol. The summed E-state index contributed by atoms with van der Waals surface area (Å²) in [6.45, 7) is 4.22. The largest absolute Gasteiger partial charge is 0.395 e. The van der Waals surface area contributed by atoms with Crippen molar-refractivity contribution >= 4 is 17.7 Å². The molecule has 0 spiro atoms. The van der Waals surface area contributed by atoms with Crippen LogP contribution in [0.15, 0.2) is 24.3 Å². The first-order chi connectivity index (χ1) is 10.2. The van der Waals surface area contributed by atoms with Crippen LogP contribution in [-0.2, 0) is 0 Å². The highest BCUT2D eigenvalue weighted by atomic mass is 32.2. The number of rotatable bonds is 7. The van der Waals surface area contributed by atoms with E-state index in [9.17, 15) is 4.79 Å². The minimum absolute atomic E-state index is 0.0560. The Hall–Kier alpha value is -1.44. The van der Waals surface area contributed by atoms with E-state index in [0.717, 1.165) is 23.5 Å². The smallest absolute Gasteiger partial charge is 0.251 e. The maximum absolute atomic E-state index is 12.2. The SMILES string of the molecule is CCSCCC(C)NC(=O)c1cccc(C#CCCO)c1. The lowest BCUT2D eigenvalue weighted by molar-refractivity contribution is 0.0939. The Labute approximate surface area is 131 Å². The maximum Gasteiger partial charge on any atom is 0.251 e. The van der Waals surface area contributed by atoms with Gasteiger partial charge in [-0.3, -0.25) is 4.79 Å². The first-order valence-electron chi connectivity index (χ1n) is 7.25. The van der Waals surface area contributed by atoms with Crippen molar-refractivity contribution in [2.24, 2.45) is 0 Å². The molecule has 1 amide bonds. The van der Waals surface area contributed by atoms with Crippen LogP contribution in [0.5, 0.6) is 0 Å². The van der Waals surface area contributed by atoms with E-state index in [1.54, 1.807) is 12.1 Å². The third kappa shape index (κ3) is 7.22. The van der Waals surface area contributed by atoms with Gasteiger partial charge in [0, 0.05) is 23.6 Å². The molecule has 1 unspecified atom stereocenters. The number of nitrogens with one attached hydrogen (secondary N) is 1. The van der Waals surface area contributed by atoms with E-state index in [1.807, 2.05) is 30.8 Å². The lowest BCUT2D eigenvalue weighted by Crippen LogP contribution is -2.32. The van der Waals surface area contributed by atoms with Crippen LogP contribution in [0.1, 0.15) is 42.6 Å². The number of thioether (sulfide) groups is 1. The van der Waals surface area contributed by atoms with Gasteiger partial charge >= 0.3 is 0 Å². The van der Waals surface area contributed by atoms with Gasteiger partial charge in [-0.25, -0.2) is 0 Å². The zero-order chi connectivity index (χ0) is 15.5.